The molecule has 2 heterocycles. The fourth-order valence-corrected chi connectivity index (χ4v) is 11.8. The number of para-hydroxylation sites is 1. The Bertz CT molecular complexity index is 3730. The molecule has 280 valence electrons. The molecular formula is C58H36OS. The van der Waals surface area contributed by atoms with Gasteiger partial charge in [-0.25, -0.2) is 0 Å². The van der Waals surface area contributed by atoms with E-state index in [1.165, 1.54) is 96.7 Å². The van der Waals surface area contributed by atoms with Crippen LogP contribution in [0.5, 0.6) is 0 Å². The van der Waals surface area contributed by atoms with Crippen LogP contribution in [0.1, 0.15) is 11.1 Å². The monoisotopic (exact) mass is 780 g/mol. The van der Waals surface area contributed by atoms with Gasteiger partial charge in [0.05, 0.1) is 0 Å². The van der Waals surface area contributed by atoms with E-state index in [9.17, 15) is 0 Å². The fraction of sp³-hybridized carbons (Fsp3) is 0.0345. The zero-order valence-electron chi connectivity index (χ0n) is 32.6. The van der Waals surface area contributed by atoms with Gasteiger partial charge < -0.3 is 4.42 Å². The van der Waals surface area contributed by atoms with E-state index in [4.69, 9.17) is 4.42 Å². The summed E-state index contributed by atoms with van der Waals surface area (Å²) in [6.45, 7) is 0. The molecule has 2 aliphatic rings. The quantitative estimate of drug-likeness (QED) is 0.162. The Morgan fingerprint density at radius 1 is 0.367 bits per heavy atom. The number of thiophene rings is 1. The van der Waals surface area contributed by atoms with Crippen molar-refractivity contribution in [1.29, 1.82) is 0 Å². The summed E-state index contributed by atoms with van der Waals surface area (Å²) in [5, 5.41) is 12.7. The van der Waals surface area contributed by atoms with Crippen molar-refractivity contribution in [2.75, 3.05) is 0 Å². The molecule has 1 nitrogen and oxygen atoms in total. The van der Waals surface area contributed by atoms with Gasteiger partial charge in [-0.15, -0.1) is 11.3 Å². The standard InChI is InChI=1S/C58H36OS/c1-2-15-35(16-3-1)54-41-18-4-6-20-43(41)56(44-21-7-5-19-42(44)54)37-30-32-40-49-26-14-27-50(58(49)60-53(40)34-37)57-47-24-10-8-22-45(47)55(46-23-9-11-25-48(46)57)36-29-31-39-38-17-12-13-28-51(38)59-52(39)33-36/h1-34,45,47H. The predicted molar refractivity (Wildman–Crippen MR) is 255 cm³/mol. The Hall–Kier alpha value is -7.26. The third-order valence-electron chi connectivity index (χ3n) is 13.1. The van der Waals surface area contributed by atoms with E-state index in [0.717, 1.165) is 21.9 Å². The summed E-state index contributed by atoms with van der Waals surface area (Å²) in [4.78, 5) is 0. The lowest BCUT2D eigenvalue weighted by Crippen LogP contribution is -2.40. The average Bonchev–Trinajstić information content (AvgIpc) is 3.88. The lowest BCUT2D eigenvalue weighted by molar-refractivity contribution is 0.667. The molecule has 2 atom stereocenters. The number of furan rings is 1. The summed E-state index contributed by atoms with van der Waals surface area (Å²) in [5.41, 5.74) is 12.2. The van der Waals surface area contributed by atoms with Crippen molar-refractivity contribution in [3.05, 3.63) is 228 Å². The van der Waals surface area contributed by atoms with Crippen molar-refractivity contribution in [1.82, 2.24) is 0 Å². The van der Waals surface area contributed by atoms with Gasteiger partial charge in [0.2, 0.25) is 0 Å². The van der Waals surface area contributed by atoms with Crippen LogP contribution in [0.2, 0.25) is 0 Å². The van der Waals surface area contributed by atoms with Crippen LogP contribution in [0.25, 0.3) is 97.1 Å². The Balaban J connectivity index is 1.04. The Morgan fingerprint density at radius 3 is 1.65 bits per heavy atom. The molecule has 11 aromatic rings. The van der Waals surface area contributed by atoms with Gasteiger partial charge in [0, 0.05) is 42.8 Å². The van der Waals surface area contributed by atoms with Gasteiger partial charge in [-0.3, -0.25) is 0 Å². The van der Waals surface area contributed by atoms with Crippen LogP contribution < -0.4 is 10.4 Å². The van der Waals surface area contributed by atoms with Crippen LogP contribution in [-0.4, -0.2) is 0 Å². The van der Waals surface area contributed by atoms with Crippen molar-refractivity contribution in [2.24, 2.45) is 11.8 Å². The molecule has 13 rings (SSSR count). The van der Waals surface area contributed by atoms with Crippen LogP contribution in [0.15, 0.2) is 211 Å². The predicted octanol–water partition coefficient (Wildman–Crippen LogP) is 14.4. The second kappa shape index (κ2) is 13.1. The van der Waals surface area contributed by atoms with Crippen molar-refractivity contribution in [2.45, 2.75) is 0 Å². The van der Waals surface area contributed by atoms with Crippen LogP contribution in [0.3, 0.4) is 0 Å². The number of rotatable bonds is 4. The molecule has 0 amide bonds. The van der Waals surface area contributed by atoms with Crippen LogP contribution in [0, 0.1) is 11.8 Å². The first-order valence-corrected chi connectivity index (χ1v) is 21.7. The molecule has 2 aromatic heterocycles. The Labute approximate surface area is 350 Å². The molecule has 9 aromatic carbocycles. The maximum absolute atomic E-state index is 6.43. The van der Waals surface area contributed by atoms with Gasteiger partial charge in [-0.2, -0.15) is 0 Å². The van der Waals surface area contributed by atoms with E-state index in [1.54, 1.807) is 0 Å². The molecule has 0 bridgehead atoms. The highest BCUT2D eigenvalue weighted by Gasteiger charge is 2.33. The van der Waals surface area contributed by atoms with Crippen LogP contribution in [0.4, 0.5) is 0 Å². The van der Waals surface area contributed by atoms with E-state index in [-0.39, 0.29) is 11.8 Å². The zero-order valence-corrected chi connectivity index (χ0v) is 33.4. The SMILES string of the molecule is C1=CC2C(c3ccc4c(c3)oc3ccccc34)=c3ccccc3=C(c3cccc4c3sc3cc(-c5c6ccccc6c(-c6ccccc6)c6ccccc56)ccc34)C2C=C1. The minimum absolute atomic E-state index is 0.179. The van der Waals surface area contributed by atoms with Crippen molar-refractivity contribution >= 4 is 86.1 Å². The molecule has 2 heteroatoms. The van der Waals surface area contributed by atoms with E-state index < -0.39 is 0 Å². The molecule has 0 aliphatic heterocycles. The molecular weight excluding hydrogens is 745 g/mol. The maximum atomic E-state index is 6.43. The largest absolute Gasteiger partial charge is 0.456 e. The van der Waals surface area contributed by atoms with Crippen LogP contribution >= 0.6 is 11.3 Å². The van der Waals surface area contributed by atoms with Crippen molar-refractivity contribution < 1.29 is 4.42 Å². The molecule has 0 radical (unpaired) electrons. The zero-order chi connectivity index (χ0) is 39.3. The first-order valence-electron chi connectivity index (χ1n) is 20.8. The number of benzene rings is 9. The summed E-state index contributed by atoms with van der Waals surface area (Å²) < 4.78 is 9.08. The average molecular weight is 781 g/mol. The summed E-state index contributed by atoms with van der Waals surface area (Å²) in [7, 11) is 0. The number of hydrogen-bond donors (Lipinski definition) is 0. The van der Waals surface area contributed by atoms with E-state index in [0.29, 0.717) is 0 Å². The van der Waals surface area contributed by atoms with Gasteiger partial charge in [0.1, 0.15) is 11.2 Å². The summed E-state index contributed by atoms with van der Waals surface area (Å²) in [6.07, 6.45) is 9.31. The Kier molecular flexibility index (Phi) is 7.37. The van der Waals surface area contributed by atoms with Crippen molar-refractivity contribution in [3.8, 4) is 22.3 Å². The number of allylic oxidation sites excluding steroid dienone is 4. The second-order valence-corrected chi connectivity index (χ2v) is 17.3. The minimum Gasteiger partial charge on any atom is -0.456 e. The second-order valence-electron chi connectivity index (χ2n) is 16.2. The lowest BCUT2D eigenvalue weighted by Gasteiger charge is -2.33. The Morgan fingerprint density at radius 2 is 0.917 bits per heavy atom. The fourth-order valence-electron chi connectivity index (χ4n) is 10.6. The number of hydrogen-bond acceptors (Lipinski definition) is 2. The van der Waals surface area contributed by atoms with Gasteiger partial charge in [0.25, 0.3) is 0 Å². The maximum Gasteiger partial charge on any atom is 0.136 e. The van der Waals surface area contributed by atoms with E-state index in [1.807, 2.05) is 17.4 Å². The van der Waals surface area contributed by atoms with Gasteiger partial charge >= 0.3 is 0 Å². The first kappa shape index (κ1) is 33.7. The molecule has 0 saturated heterocycles. The highest BCUT2D eigenvalue weighted by molar-refractivity contribution is 7.26. The molecule has 2 aliphatic carbocycles. The summed E-state index contributed by atoms with van der Waals surface area (Å²) in [5.74, 6) is 0.358. The van der Waals surface area contributed by atoms with Gasteiger partial charge in [-0.05, 0) is 101 Å². The summed E-state index contributed by atoms with van der Waals surface area (Å²) in [6, 6.07) is 67.1. The summed E-state index contributed by atoms with van der Waals surface area (Å²) >= 11 is 1.93. The molecule has 0 N–H and O–H groups in total. The van der Waals surface area contributed by atoms with Gasteiger partial charge in [-0.1, -0.05) is 182 Å². The van der Waals surface area contributed by atoms with E-state index >= 15 is 0 Å². The minimum atomic E-state index is 0.179. The topological polar surface area (TPSA) is 13.1 Å². The first-order chi connectivity index (χ1) is 29.8. The van der Waals surface area contributed by atoms with Gasteiger partial charge in [0.15, 0.2) is 0 Å². The van der Waals surface area contributed by atoms with Crippen molar-refractivity contribution in [3.63, 3.8) is 0 Å². The normalized spacial score (nSPS) is 16.1. The van der Waals surface area contributed by atoms with E-state index in [2.05, 4.69) is 200 Å². The smallest absolute Gasteiger partial charge is 0.136 e. The van der Waals surface area contributed by atoms with Crippen LogP contribution in [-0.2, 0) is 0 Å². The third kappa shape index (κ3) is 4.92. The molecule has 0 saturated carbocycles. The number of fused-ring (bicyclic) bond motifs is 10. The lowest BCUT2D eigenvalue weighted by atomic mass is 9.70. The molecule has 0 spiro atoms. The molecule has 2 unspecified atom stereocenters. The molecule has 0 fully saturated rings. The highest BCUT2D eigenvalue weighted by atomic mass is 32.1. The highest BCUT2D eigenvalue weighted by Crippen LogP contribution is 2.48. The molecule has 60 heavy (non-hydrogen) atoms. The third-order valence-corrected chi connectivity index (χ3v) is 14.3.